The number of rotatable bonds is 5. The molecule has 14 heavy (non-hydrogen) atoms. The van der Waals surface area contributed by atoms with E-state index in [1.165, 1.54) is 0 Å². The van der Waals surface area contributed by atoms with Crippen molar-refractivity contribution in [1.82, 2.24) is 0 Å². The molecule has 0 fully saturated rings. The molecule has 0 heterocycles. The zero-order valence-corrected chi connectivity index (χ0v) is 6.72. The topological polar surface area (TPSA) is 46.5 Å². The Labute approximate surface area is 75.5 Å². The Kier molecular flexibility index (Phi) is 4.75. The highest BCUT2D eigenvalue weighted by Gasteiger charge is 2.42. The predicted molar refractivity (Wildman–Crippen MR) is 34.1 cm³/mol. The Hall–Kier alpha value is -0.920. The monoisotopic (exact) mass is 222 g/mol. The summed E-state index contributed by atoms with van der Waals surface area (Å²) >= 11 is 0. The van der Waals surface area contributed by atoms with Crippen LogP contribution in [0.1, 0.15) is 6.42 Å². The van der Waals surface area contributed by atoms with E-state index in [1.54, 1.807) is 0 Å². The van der Waals surface area contributed by atoms with Crippen LogP contribution >= 0.6 is 0 Å². The smallest absolute Gasteiger partial charge is 0.415 e. The molecule has 84 valence electrons. The van der Waals surface area contributed by atoms with Gasteiger partial charge < -0.3 is 9.84 Å². The molecule has 0 aliphatic heterocycles. The molecule has 8 heteroatoms. The van der Waals surface area contributed by atoms with E-state index in [9.17, 15) is 26.7 Å². The lowest BCUT2D eigenvalue weighted by molar-refractivity contribution is -0.230. The van der Waals surface area contributed by atoms with Crippen LogP contribution in [0.3, 0.4) is 0 Å². The summed E-state index contributed by atoms with van der Waals surface area (Å²) in [6.45, 7) is -1.43. The molecular formula is C6H7F5O3. The van der Waals surface area contributed by atoms with E-state index in [1.807, 2.05) is 0 Å². The third-order valence-electron chi connectivity index (χ3n) is 1.15. The van der Waals surface area contributed by atoms with E-state index in [2.05, 4.69) is 4.74 Å². The van der Waals surface area contributed by atoms with Crippen LogP contribution in [-0.2, 0) is 9.53 Å². The van der Waals surface area contributed by atoms with Crippen molar-refractivity contribution in [2.45, 2.75) is 25.1 Å². The van der Waals surface area contributed by atoms with E-state index < -0.39 is 37.7 Å². The maximum Gasteiger partial charge on any atom is 0.415 e. The largest absolute Gasteiger partial charge is 0.481 e. The Morgan fingerprint density at radius 3 is 2.14 bits per heavy atom. The van der Waals surface area contributed by atoms with Crippen LogP contribution in [-0.4, -0.2) is 36.4 Å². The van der Waals surface area contributed by atoms with Crippen molar-refractivity contribution >= 4 is 5.97 Å². The molecule has 0 saturated carbocycles. The summed E-state index contributed by atoms with van der Waals surface area (Å²) in [6.07, 6.45) is -12.1. The summed E-state index contributed by atoms with van der Waals surface area (Å²) in [5, 5.41) is 8.04. The van der Waals surface area contributed by atoms with Gasteiger partial charge in [-0.15, -0.1) is 0 Å². The minimum absolute atomic E-state index is 1.38. The fourth-order valence-electron chi connectivity index (χ4n) is 0.617. The number of ether oxygens (including phenoxy) is 1. The zero-order chi connectivity index (χ0) is 11.4. The Bertz CT molecular complexity index is 190. The molecule has 1 atom stereocenters. The maximum atomic E-state index is 11.9. The normalized spacial score (nSPS) is 14.4. The van der Waals surface area contributed by atoms with E-state index in [-0.39, 0.29) is 0 Å². The highest BCUT2D eigenvalue weighted by molar-refractivity contribution is 5.67. The van der Waals surface area contributed by atoms with E-state index in [0.717, 1.165) is 0 Å². The van der Waals surface area contributed by atoms with Crippen molar-refractivity contribution in [1.29, 1.82) is 0 Å². The first kappa shape index (κ1) is 13.1. The fourth-order valence-corrected chi connectivity index (χ4v) is 0.617. The van der Waals surface area contributed by atoms with Crippen LogP contribution < -0.4 is 0 Å². The summed E-state index contributed by atoms with van der Waals surface area (Å²) in [5.41, 5.74) is 0. The number of halogens is 5. The minimum Gasteiger partial charge on any atom is -0.481 e. The average Bonchev–Trinajstić information content (AvgIpc) is 1.94. The number of carboxylic acids is 1. The molecular weight excluding hydrogens is 215 g/mol. The number of hydrogen-bond acceptors (Lipinski definition) is 2. The standard InChI is InChI=1S/C6H7F5O3/c7-4(8)2-14-3(1-5(12)13)6(9,10)11/h3-4H,1-2H2,(H,12,13). The number of alkyl halides is 5. The van der Waals surface area contributed by atoms with Gasteiger partial charge in [0.1, 0.15) is 6.61 Å². The molecule has 0 bridgehead atoms. The lowest BCUT2D eigenvalue weighted by Gasteiger charge is -2.18. The van der Waals surface area contributed by atoms with Gasteiger partial charge in [0, 0.05) is 0 Å². The van der Waals surface area contributed by atoms with Crippen molar-refractivity contribution in [3.05, 3.63) is 0 Å². The molecule has 0 aromatic rings. The third kappa shape index (κ3) is 5.68. The summed E-state index contributed by atoms with van der Waals surface area (Å²) in [4.78, 5) is 9.93. The van der Waals surface area contributed by atoms with Crippen molar-refractivity contribution in [2.75, 3.05) is 6.61 Å². The number of carboxylic acid groups (broad SMARTS) is 1. The molecule has 1 unspecified atom stereocenters. The van der Waals surface area contributed by atoms with Crippen molar-refractivity contribution < 1.29 is 36.6 Å². The van der Waals surface area contributed by atoms with Gasteiger partial charge in [0.25, 0.3) is 6.43 Å². The molecule has 0 radical (unpaired) electrons. The molecule has 0 spiro atoms. The summed E-state index contributed by atoms with van der Waals surface area (Å²) in [6, 6.07) is 0. The number of carbonyl (C=O) groups is 1. The molecule has 0 rings (SSSR count). The van der Waals surface area contributed by atoms with Gasteiger partial charge in [0.05, 0.1) is 6.42 Å². The highest BCUT2D eigenvalue weighted by atomic mass is 19.4. The fraction of sp³-hybridized carbons (Fsp3) is 0.833. The van der Waals surface area contributed by atoms with Gasteiger partial charge in [-0.1, -0.05) is 0 Å². The summed E-state index contributed by atoms with van der Waals surface area (Å²) < 4.78 is 62.4. The van der Waals surface area contributed by atoms with Crippen LogP contribution in [0.25, 0.3) is 0 Å². The highest BCUT2D eigenvalue weighted by Crippen LogP contribution is 2.25. The van der Waals surface area contributed by atoms with Crippen LogP contribution in [0.4, 0.5) is 22.0 Å². The van der Waals surface area contributed by atoms with Gasteiger partial charge in [-0.25, -0.2) is 8.78 Å². The van der Waals surface area contributed by atoms with Gasteiger partial charge in [-0.2, -0.15) is 13.2 Å². The Morgan fingerprint density at radius 2 is 1.86 bits per heavy atom. The zero-order valence-electron chi connectivity index (χ0n) is 6.72. The number of aliphatic carboxylic acids is 1. The van der Waals surface area contributed by atoms with Gasteiger partial charge in [-0.3, -0.25) is 4.79 Å². The lowest BCUT2D eigenvalue weighted by atomic mass is 10.2. The summed E-state index contributed by atoms with van der Waals surface area (Å²) in [7, 11) is 0. The molecule has 1 N–H and O–H groups in total. The SMILES string of the molecule is O=C(O)CC(OCC(F)F)C(F)(F)F. The maximum absolute atomic E-state index is 11.9. The molecule has 0 aromatic carbocycles. The first-order chi connectivity index (χ1) is 6.23. The molecule has 0 aliphatic rings. The average molecular weight is 222 g/mol. The third-order valence-corrected chi connectivity index (χ3v) is 1.15. The molecule has 0 amide bonds. The van der Waals surface area contributed by atoms with Gasteiger partial charge in [0.15, 0.2) is 6.10 Å². The molecule has 0 aliphatic carbocycles. The van der Waals surface area contributed by atoms with Gasteiger partial charge in [-0.05, 0) is 0 Å². The molecule has 3 nitrogen and oxygen atoms in total. The summed E-state index contributed by atoms with van der Waals surface area (Å²) in [5.74, 6) is -1.76. The first-order valence-electron chi connectivity index (χ1n) is 3.41. The van der Waals surface area contributed by atoms with Gasteiger partial charge in [0.2, 0.25) is 0 Å². The predicted octanol–water partition coefficient (Wildman–Crippen LogP) is 1.67. The minimum atomic E-state index is -4.95. The quantitative estimate of drug-likeness (QED) is 0.719. The lowest BCUT2D eigenvalue weighted by Crippen LogP contribution is -2.35. The molecule has 0 aromatic heterocycles. The van der Waals surface area contributed by atoms with Crippen LogP contribution in [0.5, 0.6) is 0 Å². The molecule has 0 saturated heterocycles. The van der Waals surface area contributed by atoms with Crippen LogP contribution in [0, 0.1) is 0 Å². The Balaban J connectivity index is 4.19. The van der Waals surface area contributed by atoms with E-state index >= 15 is 0 Å². The second-order valence-electron chi connectivity index (χ2n) is 2.35. The van der Waals surface area contributed by atoms with Crippen LogP contribution in [0.2, 0.25) is 0 Å². The van der Waals surface area contributed by atoms with Crippen molar-refractivity contribution in [3.8, 4) is 0 Å². The van der Waals surface area contributed by atoms with E-state index in [4.69, 9.17) is 5.11 Å². The van der Waals surface area contributed by atoms with Crippen molar-refractivity contribution in [2.24, 2.45) is 0 Å². The van der Waals surface area contributed by atoms with Crippen molar-refractivity contribution in [3.63, 3.8) is 0 Å². The van der Waals surface area contributed by atoms with E-state index in [0.29, 0.717) is 0 Å². The number of hydrogen-bond donors (Lipinski definition) is 1. The second kappa shape index (κ2) is 5.08. The van der Waals surface area contributed by atoms with Crippen LogP contribution in [0.15, 0.2) is 0 Å². The first-order valence-corrected chi connectivity index (χ1v) is 3.41. The second-order valence-corrected chi connectivity index (χ2v) is 2.35. The Morgan fingerprint density at radius 1 is 1.36 bits per heavy atom. The van der Waals surface area contributed by atoms with Gasteiger partial charge >= 0.3 is 12.1 Å².